The summed E-state index contributed by atoms with van der Waals surface area (Å²) in [6.45, 7) is 4.00. The van der Waals surface area contributed by atoms with E-state index in [1.54, 1.807) is 0 Å². The zero-order valence-corrected chi connectivity index (χ0v) is 11.7. The third kappa shape index (κ3) is 3.16. The van der Waals surface area contributed by atoms with Gasteiger partial charge in [0.25, 0.3) is 0 Å². The van der Waals surface area contributed by atoms with Crippen LogP contribution >= 0.6 is 11.8 Å². The molecule has 2 unspecified atom stereocenters. The summed E-state index contributed by atoms with van der Waals surface area (Å²) >= 11 is 1.91. The molecule has 4 atom stereocenters. The van der Waals surface area contributed by atoms with Gasteiger partial charge in [-0.05, 0) is 31.6 Å². The van der Waals surface area contributed by atoms with Crippen molar-refractivity contribution >= 4 is 17.7 Å². The molecule has 1 amide bonds. The van der Waals surface area contributed by atoms with Gasteiger partial charge in [0, 0.05) is 17.8 Å². The van der Waals surface area contributed by atoms with E-state index in [1.807, 2.05) is 11.8 Å². The van der Waals surface area contributed by atoms with Crippen LogP contribution in [-0.4, -0.2) is 36.5 Å². The van der Waals surface area contributed by atoms with Crippen LogP contribution in [0.15, 0.2) is 0 Å². The van der Waals surface area contributed by atoms with Gasteiger partial charge in [-0.1, -0.05) is 19.8 Å². The standard InChI is InChI=1S/C13H24N2OS/c1-9-7-14-8-10(9)13(16)15-11-5-3-4-6-12(11)17-2/h9-12,14H,3-8H2,1-2H3,(H,15,16)/t9-,10-,11?,12?/m1/s1. The number of carbonyl (C=O) groups excluding carboxylic acids is 1. The molecule has 0 aromatic carbocycles. The highest BCUT2D eigenvalue weighted by atomic mass is 32.2. The van der Waals surface area contributed by atoms with E-state index in [0.717, 1.165) is 19.5 Å². The van der Waals surface area contributed by atoms with Crippen molar-refractivity contribution in [1.29, 1.82) is 0 Å². The SMILES string of the molecule is CSC1CCCCC1NC(=O)[C@@H]1CNC[C@H]1C. The molecule has 2 rings (SSSR count). The van der Waals surface area contributed by atoms with E-state index < -0.39 is 0 Å². The molecule has 4 heteroatoms. The number of hydrogen-bond acceptors (Lipinski definition) is 3. The van der Waals surface area contributed by atoms with Crippen molar-refractivity contribution in [2.75, 3.05) is 19.3 Å². The lowest BCUT2D eigenvalue weighted by Gasteiger charge is -2.32. The Hall–Kier alpha value is -0.220. The van der Waals surface area contributed by atoms with Crippen LogP contribution in [0.2, 0.25) is 0 Å². The minimum Gasteiger partial charge on any atom is -0.352 e. The normalized spacial score (nSPS) is 38.0. The fraction of sp³-hybridized carbons (Fsp3) is 0.923. The molecular weight excluding hydrogens is 232 g/mol. The highest BCUT2D eigenvalue weighted by Crippen LogP contribution is 2.28. The van der Waals surface area contributed by atoms with Crippen molar-refractivity contribution in [2.24, 2.45) is 11.8 Å². The number of nitrogens with one attached hydrogen (secondary N) is 2. The summed E-state index contributed by atoms with van der Waals surface area (Å²) < 4.78 is 0. The van der Waals surface area contributed by atoms with Gasteiger partial charge in [-0.15, -0.1) is 0 Å². The summed E-state index contributed by atoms with van der Waals surface area (Å²) in [5.74, 6) is 0.930. The molecule has 3 nitrogen and oxygen atoms in total. The fourth-order valence-corrected chi connectivity index (χ4v) is 3.93. The first-order chi connectivity index (χ1) is 8.22. The van der Waals surface area contributed by atoms with Crippen LogP contribution < -0.4 is 10.6 Å². The molecule has 1 aliphatic carbocycles. The van der Waals surface area contributed by atoms with Crippen molar-refractivity contribution in [1.82, 2.24) is 10.6 Å². The summed E-state index contributed by atoms with van der Waals surface area (Å²) in [6.07, 6.45) is 7.16. The van der Waals surface area contributed by atoms with E-state index >= 15 is 0 Å². The Morgan fingerprint density at radius 3 is 2.71 bits per heavy atom. The number of carbonyl (C=O) groups is 1. The Bertz CT molecular complexity index is 272. The second-order valence-corrected chi connectivity index (χ2v) is 6.49. The molecule has 0 aromatic rings. The summed E-state index contributed by atoms with van der Waals surface area (Å²) in [7, 11) is 0. The van der Waals surface area contributed by atoms with Gasteiger partial charge in [0.2, 0.25) is 5.91 Å². The molecule has 0 bridgehead atoms. The number of rotatable bonds is 3. The van der Waals surface area contributed by atoms with E-state index in [-0.39, 0.29) is 11.8 Å². The molecular formula is C13H24N2OS. The highest BCUT2D eigenvalue weighted by Gasteiger charge is 2.33. The number of thioether (sulfide) groups is 1. The van der Waals surface area contributed by atoms with Gasteiger partial charge in [0.1, 0.15) is 0 Å². The lowest BCUT2D eigenvalue weighted by Crippen LogP contribution is -2.47. The topological polar surface area (TPSA) is 41.1 Å². The molecule has 0 spiro atoms. The van der Waals surface area contributed by atoms with Crippen LogP contribution in [0, 0.1) is 11.8 Å². The number of amides is 1. The summed E-state index contributed by atoms with van der Waals surface area (Å²) in [6, 6.07) is 0.402. The van der Waals surface area contributed by atoms with Gasteiger partial charge in [-0.3, -0.25) is 4.79 Å². The first kappa shape index (κ1) is 13.2. The van der Waals surface area contributed by atoms with Crippen LogP contribution in [0.25, 0.3) is 0 Å². The Labute approximate surface area is 108 Å². The van der Waals surface area contributed by atoms with Gasteiger partial charge in [-0.2, -0.15) is 11.8 Å². The maximum Gasteiger partial charge on any atom is 0.224 e. The average Bonchev–Trinajstić information content (AvgIpc) is 2.76. The Balaban J connectivity index is 1.88. The molecule has 1 heterocycles. The lowest BCUT2D eigenvalue weighted by atomic mass is 9.92. The molecule has 0 aromatic heterocycles. The monoisotopic (exact) mass is 256 g/mol. The predicted molar refractivity (Wildman–Crippen MR) is 73.2 cm³/mol. The van der Waals surface area contributed by atoms with Gasteiger partial charge >= 0.3 is 0 Å². The Morgan fingerprint density at radius 2 is 2.06 bits per heavy atom. The zero-order valence-electron chi connectivity index (χ0n) is 10.9. The predicted octanol–water partition coefficient (Wildman–Crippen LogP) is 1.63. The largest absolute Gasteiger partial charge is 0.352 e. The van der Waals surface area contributed by atoms with Crippen LogP contribution in [0.4, 0.5) is 0 Å². The van der Waals surface area contributed by atoms with Crippen LogP contribution in [0.5, 0.6) is 0 Å². The third-order valence-electron chi connectivity index (χ3n) is 4.19. The first-order valence-electron chi connectivity index (χ1n) is 6.76. The molecule has 1 saturated carbocycles. The minimum absolute atomic E-state index is 0.180. The van der Waals surface area contributed by atoms with Crippen molar-refractivity contribution in [3.8, 4) is 0 Å². The van der Waals surface area contributed by atoms with Crippen LogP contribution in [0.1, 0.15) is 32.6 Å². The van der Waals surface area contributed by atoms with E-state index in [0.29, 0.717) is 17.2 Å². The van der Waals surface area contributed by atoms with Gasteiger partial charge in [-0.25, -0.2) is 0 Å². The maximum absolute atomic E-state index is 12.2. The molecule has 98 valence electrons. The van der Waals surface area contributed by atoms with Crippen molar-refractivity contribution in [3.63, 3.8) is 0 Å². The second kappa shape index (κ2) is 6.10. The van der Waals surface area contributed by atoms with Crippen molar-refractivity contribution in [3.05, 3.63) is 0 Å². The quantitative estimate of drug-likeness (QED) is 0.806. The molecule has 1 aliphatic heterocycles. The van der Waals surface area contributed by atoms with E-state index in [4.69, 9.17) is 0 Å². The van der Waals surface area contributed by atoms with Gasteiger partial charge in [0.15, 0.2) is 0 Å². The zero-order chi connectivity index (χ0) is 12.3. The van der Waals surface area contributed by atoms with Crippen LogP contribution in [0.3, 0.4) is 0 Å². The molecule has 17 heavy (non-hydrogen) atoms. The van der Waals surface area contributed by atoms with E-state index in [9.17, 15) is 4.79 Å². The maximum atomic E-state index is 12.2. The smallest absolute Gasteiger partial charge is 0.224 e. The van der Waals surface area contributed by atoms with E-state index in [1.165, 1.54) is 19.3 Å². The third-order valence-corrected chi connectivity index (χ3v) is 5.36. The second-order valence-electron chi connectivity index (χ2n) is 5.42. The lowest BCUT2D eigenvalue weighted by molar-refractivity contribution is -0.126. The fourth-order valence-electron chi connectivity index (χ4n) is 2.99. The van der Waals surface area contributed by atoms with E-state index in [2.05, 4.69) is 23.8 Å². The minimum atomic E-state index is 0.180. The van der Waals surface area contributed by atoms with Crippen molar-refractivity contribution in [2.45, 2.75) is 43.9 Å². The van der Waals surface area contributed by atoms with Gasteiger partial charge in [0.05, 0.1) is 5.92 Å². The molecule has 0 radical (unpaired) electrons. The molecule has 2 aliphatic rings. The van der Waals surface area contributed by atoms with Crippen LogP contribution in [-0.2, 0) is 4.79 Å². The van der Waals surface area contributed by atoms with Gasteiger partial charge < -0.3 is 10.6 Å². The van der Waals surface area contributed by atoms with Crippen molar-refractivity contribution < 1.29 is 4.79 Å². The average molecular weight is 256 g/mol. The summed E-state index contributed by atoms with van der Waals surface area (Å²) in [5, 5.41) is 7.21. The first-order valence-corrected chi connectivity index (χ1v) is 8.05. The Kier molecular flexibility index (Phi) is 4.74. The molecule has 2 fully saturated rings. The number of hydrogen-bond donors (Lipinski definition) is 2. The Morgan fingerprint density at radius 1 is 1.29 bits per heavy atom. The molecule has 2 N–H and O–H groups in total. The molecule has 1 saturated heterocycles. The summed E-state index contributed by atoms with van der Waals surface area (Å²) in [5.41, 5.74) is 0. The summed E-state index contributed by atoms with van der Waals surface area (Å²) in [4.78, 5) is 12.2. The highest BCUT2D eigenvalue weighted by molar-refractivity contribution is 7.99.